The van der Waals surface area contributed by atoms with Gasteiger partial charge < -0.3 is 19.6 Å². The van der Waals surface area contributed by atoms with E-state index in [2.05, 4.69) is 19.2 Å². The summed E-state index contributed by atoms with van der Waals surface area (Å²) in [6.45, 7) is 8.05. The lowest BCUT2D eigenvalue weighted by atomic mass is 9.68. The van der Waals surface area contributed by atoms with Crippen molar-refractivity contribution in [2.24, 2.45) is 5.92 Å². The zero-order chi connectivity index (χ0) is 18.8. The molecular formula is C15H31NO6P2. The van der Waals surface area contributed by atoms with Crippen molar-refractivity contribution in [3.63, 3.8) is 0 Å². The van der Waals surface area contributed by atoms with Gasteiger partial charge in [0.15, 0.2) is 0 Å². The molecule has 0 amide bonds. The fourth-order valence-corrected chi connectivity index (χ4v) is 6.48. The molecule has 0 radical (unpaired) electrons. The molecule has 0 saturated heterocycles. The van der Waals surface area contributed by atoms with E-state index >= 15 is 0 Å². The Hall–Kier alpha value is -0.0000000000000000416. The number of hydrogen-bond acceptors (Lipinski definition) is 3. The largest absolute Gasteiger partial charge is 0.354 e. The van der Waals surface area contributed by atoms with E-state index in [0.717, 1.165) is 24.8 Å². The lowest BCUT2D eigenvalue weighted by molar-refractivity contribution is 0.253. The van der Waals surface area contributed by atoms with Crippen LogP contribution in [0.4, 0.5) is 0 Å². The molecule has 5 N–H and O–H groups in total. The summed E-state index contributed by atoms with van der Waals surface area (Å²) in [6.07, 6.45) is 4.50. The topological polar surface area (TPSA) is 127 Å². The van der Waals surface area contributed by atoms with Gasteiger partial charge in [-0.25, -0.2) is 0 Å². The number of hydrogen-bond donors (Lipinski definition) is 5. The molecule has 0 heterocycles. The minimum atomic E-state index is -5.00. The molecule has 0 aromatic carbocycles. The maximum atomic E-state index is 11.7. The Bertz CT molecular complexity index is 544. The zero-order valence-corrected chi connectivity index (χ0v) is 16.7. The van der Waals surface area contributed by atoms with Crippen molar-refractivity contribution in [3.8, 4) is 0 Å². The van der Waals surface area contributed by atoms with Crippen LogP contribution in [0.2, 0.25) is 0 Å². The van der Waals surface area contributed by atoms with E-state index in [1.807, 2.05) is 13.8 Å². The van der Waals surface area contributed by atoms with Crippen LogP contribution in [0.15, 0.2) is 11.1 Å². The summed E-state index contributed by atoms with van der Waals surface area (Å²) in [5, 5.41) is 2.72. The van der Waals surface area contributed by atoms with Gasteiger partial charge in [0.25, 0.3) is 0 Å². The lowest BCUT2D eigenvalue weighted by Gasteiger charge is -2.46. The molecule has 2 unspecified atom stereocenters. The van der Waals surface area contributed by atoms with Crippen molar-refractivity contribution in [3.05, 3.63) is 11.1 Å². The average Bonchev–Trinajstić information content (AvgIpc) is 2.49. The molecule has 1 aliphatic carbocycles. The second kappa shape index (κ2) is 8.13. The molecule has 142 valence electrons. The fourth-order valence-electron chi connectivity index (χ4n) is 4.08. The minimum absolute atomic E-state index is 0.426. The third-order valence-corrected chi connectivity index (χ3v) is 8.59. The van der Waals surface area contributed by atoms with Gasteiger partial charge in [0, 0.05) is 5.54 Å². The summed E-state index contributed by atoms with van der Waals surface area (Å²) in [6, 6.07) is 0. The third kappa shape index (κ3) is 4.59. The van der Waals surface area contributed by atoms with Crippen LogP contribution in [0.1, 0.15) is 66.2 Å². The first-order chi connectivity index (χ1) is 11.0. The van der Waals surface area contributed by atoms with Crippen molar-refractivity contribution >= 4 is 15.2 Å². The number of nitrogens with one attached hydrogen (secondary N) is 1. The fraction of sp³-hybridized carbons (Fsp3) is 0.867. The molecule has 0 bridgehead atoms. The van der Waals surface area contributed by atoms with Gasteiger partial charge in [0.1, 0.15) is 0 Å². The van der Waals surface area contributed by atoms with E-state index in [4.69, 9.17) is 0 Å². The average molecular weight is 383 g/mol. The van der Waals surface area contributed by atoms with Crippen molar-refractivity contribution in [2.45, 2.75) is 77.3 Å². The SMILES string of the molecule is CCC1=C(CC)C(CC)(NC(P(=O)(O)O)P(=O)(O)O)CCC1CC. The van der Waals surface area contributed by atoms with Gasteiger partial charge in [-0.15, -0.1) is 0 Å². The van der Waals surface area contributed by atoms with Gasteiger partial charge in [0.05, 0.1) is 0 Å². The van der Waals surface area contributed by atoms with Crippen molar-refractivity contribution in [2.75, 3.05) is 0 Å². The lowest BCUT2D eigenvalue weighted by Crippen LogP contribution is -2.53. The highest BCUT2D eigenvalue weighted by Gasteiger charge is 2.50. The number of allylic oxidation sites excluding steroid dienone is 1. The van der Waals surface area contributed by atoms with E-state index in [0.29, 0.717) is 25.2 Å². The summed E-state index contributed by atoms with van der Waals surface area (Å²) in [5.41, 5.74) is -0.630. The Morgan fingerprint density at radius 2 is 1.62 bits per heavy atom. The van der Waals surface area contributed by atoms with E-state index in [1.165, 1.54) is 5.57 Å². The van der Waals surface area contributed by atoms with Crippen molar-refractivity contribution in [1.82, 2.24) is 5.32 Å². The van der Waals surface area contributed by atoms with Crippen LogP contribution < -0.4 is 5.32 Å². The molecule has 7 nitrogen and oxygen atoms in total. The standard InChI is InChI=1S/C15H31NO6P2/c1-5-11-9-10-15(8-4,13(7-3)12(11)6-2)16-14(23(17,18)19)24(20,21)22/h11,14,16H,5-10H2,1-4H3,(H2,17,18,19)(H2,20,21,22). The molecular weight excluding hydrogens is 352 g/mol. The van der Waals surface area contributed by atoms with Gasteiger partial charge in [-0.2, -0.15) is 0 Å². The zero-order valence-electron chi connectivity index (χ0n) is 14.9. The molecule has 1 rings (SSSR count). The van der Waals surface area contributed by atoms with Gasteiger partial charge in [0.2, 0.25) is 5.52 Å². The third-order valence-electron chi connectivity index (χ3n) is 5.25. The monoisotopic (exact) mass is 383 g/mol. The highest BCUT2D eigenvalue weighted by molar-refractivity contribution is 7.70. The maximum absolute atomic E-state index is 11.7. The van der Waals surface area contributed by atoms with E-state index in [-0.39, 0.29) is 0 Å². The predicted octanol–water partition coefficient (Wildman–Crippen LogP) is 3.30. The molecule has 2 atom stereocenters. The quantitative estimate of drug-likeness (QED) is 0.321. The second-order valence-electron chi connectivity index (χ2n) is 6.49. The van der Waals surface area contributed by atoms with E-state index in [1.54, 1.807) is 0 Å². The van der Waals surface area contributed by atoms with Crippen LogP contribution in [-0.4, -0.2) is 30.6 Å². The predicted molar refractivity (Wildman–Crippen MR) is 94.7 cm³/mol. The Kier molecular flexibility index (Phi) is 7.47. The van der Waals surface area contributed by atoms with Gasteiger partial charge in [-0.05, 0) is 44.4 Å². The molecule has 0 aromatic heterocycles. The first-order valence-corrected chi connectivity index (χ1v) is 11.9. The Morgan fingerprint density at radius 1 is 1.08 bits per heavy atom. The van der Waals surface area contributed by atoms with Crippen LogP contribution in [-0.2, 0) is 9.13 Å². The highest BCUT2D eigenvalue weighted by atomic mass is 31.2. The normalized spacial score (nSPS) is 26.3. The first-order valence-electron chi connectivity index (χ1n) is 8.57. The van der Waals surface area contributed by atoms with E-state index < -0.39 is 26.3 Å². The second-order valence-corrected chi connectivity index (χ2v) is 10.3. The van der Waals surface area contributed by atoms with Gasteiger partial charge in [-0.1, -0.05) is 38.8 Å². The molecule has 1 aliphatic rings. The summed E-state index contributed by atoms with van der Waals surface area (Å²) in [4.78, 5) is 37.9. The summed E-state index contributed by atoms with van der Waals surface area (Å²) in [5.74, 6) is 0.426. The molecule has 24 heavy (non-hydrogen) atoms. The molecule has 9 heteroatoms. The Labute approximate surface area is 144 Å². The van der Waals surface area contributed by atoms with Gasteiger partial charge in [-0.3, -0.25) is 14.4 Å². The van der Waals surface area contributed by atoms with Crippen LogP contribution in [0.3, 0.4) is 0 Å². The molecule has 0 fully saturated rings. The van der Waals surface area contributed by atoms with Crippen LogP contribution in [0, 0.1) is 5.92 Å². The highest BCUT2D eigenvalue weighted by Crippen LogP contribution is 2.60. The van der Waals surface area contributed by atoms with Gasteiger partial charge >= 0.3 is 15.2 Å². The van der Waals surface area contributed by atoms with Crippen LogP contribution in [0.5, 0.6) is 0 Å². The first kappa shape index (κ1) is 22.0. The van der Waals surface area contributed by atoms with Crippen LogP contribution in [0.25, 0.3) is 0 Å². The Morgan fingerprint density at radius 3 is 1.96 bits per heavy atom. The smallest absolute Gasteiger partial charge is 0.323 e. The van der Waals surface area contributed by atoms with Crippen molar-refractivity contribution < 1.29 is 28.7 Å². The molecule has 0 aromatic rings. The molecule has 0 saturated carbocycles. The minimum Gasteiger partial charge on any atom is -0.323 e. The van der Waals surface area contributed by atoms with Crippen LogP contribution >= 0.6 is 15.2 Å². The summed E-state index contributed by atoms with van der Waals surface area (Å²) < 4.78 is 23.4. The van der Waals surface area contributed by atoms with Crippen molar-refractivity contribution in [1.29, 1.82) is 0 Å². The number of rotatable bonds is 8. The summed E-state index contributed by atoms with van der Waals surface area (Å²) in [7, 11) is -10.0. The molecule has 0 spiro atoms. The molecule has 0 aliphatic heterocycles. The Balaban J connectivity index is 3.44. The van der Waals surface area contributed by atoms with E-state index in [9.17, 15) is 28.7 Å². The maximum Gasteiger partial charge on any atom is 0.354 e. The summed E-state index contributed by atoms with van der Waals surface area (Å²) >= 11 is 0.